The second-order valence-electron chi connectivity index (χ2n) is 5.15. The van der Waals surface area contributed by atoms with Gasteiger partial charge < -0.3 is 15.2 Å². The van der Waals surface area contributed by atoms with Crippen LogP contribution < -0.4 is 10.5 Å². The lowest BCUT2D eigenvalue weighted by Gasteiger charge is -2.15. The Balaban J connectivity index is 1.87. The fraction of sp³-hybridized carbons (Fsp3) is 0.333. The number of nitrogen functional groups attached to an aromatic ring is 1. The van der Waals surface area contributed by atoms with Gasteiger partial charge in [-0.2, -0.15) is 15.0 Å². The maximum Gasteiger partial charge on any atom is 0.141 e. The maximum absolute atomic E-state index is 6.04. The number of anilines is 1. The molecule has 3 rings (SSSR count). The minimum Gasteiger partial charge on any atom is -0.483 e. The molecular weight excluding hydrogens is 376 g/mol. The van der Waals surface area contributed by atoms with E-state index in [0.29, 0.717) is 35.6 Å². The number of aromatic nitrogens is 5. The number of hydrogen-bond acceptors (Lipinski definition) is 7. The number of ether oxygens (including phenoxy) is 2. The smallest absolute Gasteiger partial charge is 0.141 e. The predicted octanol–water partition coefficient (Wildman–Crippen LogP) is 2.35. The van der Waals surface area contributed by atoms with E-state index in [9.17, 15) is 0 Å². The fourth-order valence-electron chi connectivity index (χ4n) is 2.26. The van der Waals surface area contributed by atoms with Crippen LogP contribution in [0.2, 0.25) is 0 Å². The van der Waals surface area contributed by atoms with Crippen molar-refractivity contribution in [2.24, 2.45) is 0 Å². The van der Waals surface area contributed by atoms with Crippen molar-refractivity contribution in [2.75, 3.05) is 19.5 Å². The van der Waals surface area contributed by atoms with Crippen molar-refractivity contribution in [3.63, 3.8) is 0 Å². The molecule has 1 aromatic carbocycles. The van der Waals surface area contributed by atoms with Crippen molar-refractivity contribution >= 4 is 32.7 Å². The molecule has 24 heavy (non-hydrogen) atoms. The largest absolute Gasteiger partial charge is 0.483 e. The topological polar surface area (TPSA) is 101 Å². The molecule has 0 aliphatic heterocycles. The lowest BCUT2D eigenvalue weighted by Crippen LogP contribution is -2.10. The Bertz CT molecular complexity index is 853. The first-order valence-electron chi connectivity index (χ1n) is 7.34. The molecule has 0 spiro atoms. The van der Waals surface area contributed by atoms with E-state index in [1.807, 2.05) is 19.1 Å². The van der Waals surface area contributed by atoms with E-state index in [1.165, 1.54) is 6.33 Å². The van der Waals surface area contributed by atoms with Gasteiger partial charge in [-0.05, 0) is 35.0 Å². The standard InChI is InChI=1S/C15H17BrN6O2/c1-9(11-7-20-22(21-11)5-6-23-2)24-12-4-3-10(16)14-13(12)15(17)19-8-18-14/h3-4,7-9H,5-6H2,1-2H3,(H2,17,18,19). The second kappa shape index (κ2) is 7.10. The molecule has 2 heterocycles. The Morgan fingerprint density at radius 1 is 1.33 bits per heavy atom. The van der Waals surface area contributed by atoms with Crippen LogP contribution >= 0.6 is 15.9 Å². The van der Waals surface area contributed by atoms with Gasteiger partial charge in [-0.1, -0.05) is 0 Å². The predicted molar refractivity (Wildman–Crippen MR) is 92.6 cm³/mol. The SMILES string of the molecule is COCCn1ncc(C(C)Oc2ccc(Br)c3ncnc(N)c23)n1. The van der Waals surface area contributed by atoms with E-state index in [2.05, 4.69) is 36.1 Å². The summed E-state index contributed by atoms with van der Waals surface area (Å²) in [5.41, 5.74) is 7.43. The van der Waals surface area contributed by atoms with E-state index in [-0.39, 0.29) is 6.10 Å². The second-order valence-corrected chi connectivity index (χ2v) is 6.00. The van der Waals surface area contributed by atoms with Crippen LogP contribution in [-0.2, 0) is 11.3 Å². The Kier molecular flexibility index (Phi) is 4.91. The number of methoxy groups -OCH3 is 1. The normalized spacial score (nSPS) is 12.5. The van der Waals surface area contributed by atoms with Crippen LogP contribution in [0.1, 0.15) is 18.7 Å². The molecule has 2 aromatic heterocycles. The molecule has 0 saturated carbocycles. The number of nitrogens with two attached hydrogens (primary N) is 1. The number of rotatable bonds is 6. The summed E-state index contributed by atoms with van der Waals surface area (Å²) in [6, 6.07) is 3.70. The van der Waals surface area contributed by atoms with Crippen LogP contribution in [0.4, 0.5) is 5.82 Å². The van der Waals surface area contributed by atoms with Gasteiger partial charge in [0, 0.05) is 11.6 Å². The van der Waals surface area contributed by atoms with Gasteiger partial charge in [-0.15, -0.1) is 0 Å². The van der Waals surface area contributed by atoms with Gasteiger partial charge in [-0.25, -0.2) is 9.97 Å². The highest BCUT2D eigenvalue weighted by atomic mass is 79.9. The van der Waals surface area contributed by atoms with Crippen molar-refractivity contribution in [1.29, 1.82) is 0 Å². The average molecular weight is 393 g/mol. The molecule has 0 aliphatic carbocycles. The number of fused-ring (bicyclic) bond motifs is 1. The quantitative estimate of drug-likeness (QED) is 0.686. The van der Waals surface area contributed by atoms with Crippen molar-refractivity contribution in [2.45, 2.75) is 19.6 Å². The highest BCUT2D eigenvalue weighted by molar-refractivity contribution is 9.10. The number of nitrogens with zero attached hydrogens (tertiary/aromatic N) is 5. The van der Waals surface area contributed by atoms with E-state index in [0.717, 1.165) is 10.2 Å². The fourth-order valence-corrected chi connectivity index (χ4v) is 2.69. The lowest BCUT2D eigenvalue weighted by atomic mass is 10.2. The molecule has 9 heteroatoms. The summed E-state index contributed by atoms with van der Waals surface area (Å²) in [5, 5.41) is 9.26. The summed E-state index contributed by atoms with van der Waals surface area (Å²) in [4.78, 5) is 9.88. The molecule has 3 aromatic rings. The zero-order valence-corrected chi connectivity index (χ0v) is 14.9. The molecule has 2 N–H and O–H groups in total. The Hall–Kier alpha value is -2.26. The maximum atomic E-state index is 6.04. The summed E-state index contributed by atoms with van der Waals surface area (Å²) >= 11 is 3.46. The minimum absolute atomic E-state index is 0.301. The molecule has 1 unspecified atom stereocenters. The van der Waals surface area contributed by atoms with Crippen molar-refractivity contribution in [1.82, 2.24) is 25.0 Å². The Morgan fingerprint density at radius 3 is 2.96 bits per heavy atom. The zero-order valence-electron chi connectivity index (χ0n) is 13.3. The molecule has 1 atom stereocenters. The average Bonchev–Trinajstić information content (AvgIpc) is 3.05. The van der Waals surface area contributed by atoms with E-state index >= 15 is 0 Å². The third-order valence-corrected chi connectivity index (χ3v) is 4.14. The number of halogens is 1. The highest BCUT2D eigenvalue weighted by Crippen LogP contribution is 2.35. The van der Waals surface area contributed by atoms with Crippen LogP contribution in [0.5, 0.6) is 5.75 Å². The first-order chi connectivity index (χ1) is 11.6. The highest BCUT2D eigenvalue weighted by Gasteiger charge is 2.16. The summed E-state index contributed by atoms with van der Waals surface area (Å²) in [7, 11) is 1.64. The monoisotopic (exact) mass is 392 g/mol. The van der Waals surface area contributed by atoms with Crippen LogP contribution in [0.3, 0.4) is 0 Å². The third-order valence-electron chi connectivity index (χ3n) is 3.50. The van der Waals surface area contributed by atoms with Gasteiger partial charge in [0.25, 0.3) is 0 Å². The molecule has 126 valence electrons. The molecular formula is C15H17BrN6O2. The summed E-state index contributed by atoms with van der Waals surface area (Å²) < 4.78 is 11.9. The molecule has 0 radical (unpaired) electrons. The molecule has 0 fully saturated rings. The summed E-state index contributed by atoms with van der Waals surface area (Å²) in [6.45, 7) is 3.04. The van der Waals surface area contributed by atoms with Crippen LogP contribution in [0.25, 0.3) is 10.9 Å². The van der Waals surface area contributed by atoms with Gasteiger partial charge in [-0.3, -0.25) is 0 Å². The summed E-state index contributed by atoms with van der Waals surface area (Å²) in [5.74, 6) is 0.970. The molecule has 0 bridgehead atoms. The molecule has 0 saturated heterocycles. The van der Waals surface area contributed by atoms with Gasteiger partial charge in [0.1, 0.15) is 29.7 Å². The minimum atomic E-state index is -0.301. The number of benzene rings is 1. The van der Waals surface area contributed by atoms with Crippen molar-refractivity contribution < 1.29 is 9.47 Å². The number of hydrogen-bond donors (Lipinski definition) is 1. The van der Waals surface area contributed by atoms with Gasteiger partial charge in [0.2, 0.25) is 0 Å². The van der Waals surface area contributed by atoms with Crippen molar-refractivity contribution in [3.8, 4) is 5.75 Å². The molecule has 0 aliphatic rings. The lowest BCUT2D eigenvalue weighted by molar-refractivity contribution is 0.177. The van der Waals surface area contributed by atoms with Crippen LogP contribution in [0.15, 0.2) is 29.1 Å². The first-order valence-corrected chi connectivity index (χ1v) is 8.13. The van der Waals surface area contributed by atoms with Crippen molar-refractivity contribution in [3.05, 3.63) is 34.8 Å². The van der Waals surface area contributed by atoms with Crippen LogP contribution in [0, 0.1) is 0 Å². The molecule has 0 amide bonds. The van der Waals surface area contributed by atoms with E-state index < -0.39 is 0 Å². The zero-order chi connectivity index (χ0) is 17.1. The van der Waals surface area contributed by atoms with E-state index in [1.54, 1.807) is 18.1 Å². The third kappa shape index (κ3) is 3.31. The summed E-state index contributed by atoms with van der Waals surface area (Å²) in [6.07, 6.45) is 2.81. The van der Waals surface area contributed by atoms with Crippen LogP contribution in [-0.4, -0.2) is 38.7 Å². The van der Waals surface area contributed by atoms with Gasteiger partial charge in [0.05, 0.1) is 30.3 Å². The van der Waals surface area contributed by atoms with E-state index in [4.69, 9.17) is 15.2 Å². The first kappa shape index (κ1) is 16.6. The Labute approximate surface area is 147 Å². The van der Waals surface area contributed by atoms with Gasteiger partial charge >= 0.3 is 0 Å². The molecule has 8 nitrogen and oxygen atoms in total. The van der Waals surface area contributed by atoms with Gasteiger partial charge in [0.15, 0.2) is 0 Å². The Morgan fingerprint density at radius 2 is 2.17 bits per heavy atom.